The third kappa shape index (κ3) is 6.49. The number of piperidine rings is 1. The molecule has 0 bridgehead atoms. The molecule has 44 heavy (non-hydrogen) atoms. The van der Waals surface area contributed by atoms with Gasteiger partial charge in [0.1, 0.15) is 28.6 Å². The lowest BCUT2D eigenvalue weighted by Crippen LogP contribution is -2.50. The first-order chi connectivity index (χ1) is 20.9. The fourth-order valence-electron chi connectivity index (χ4n) is 5.12. The molecule has 0 unspecified atom stereocenters. The quantitative estimate of drug-likeness (QED) is 0.279. The number of nitrogens with zero attached hydrogens (tertiary/aromatic N) is 4. The van der Waals surface area contributed by atoms with Crippen molar-refractivity contribution in [1.29, 1.82) is 0 Å². The van der Waals surface area contributed by atoms with E-state index in [1.807, 2.05) is 0 Å². The zero-order valence-electron chi connectivity index (χ0n) is 25.0. The van der Waals surface area contributed by atoms with E-state index in [1.165, 1.54) is 42.1 Å². The minimum atomic E-state index is -4.23. The van der Waals surface area contributed by atoms with Gasteiger partial charge in [-0.1, -0.05) is 18.2 Å². The Bertz CT molecular complexity index is 1690. The number of nitrogens with one attached hydrogen (secondary N) is 1. The zero-order chi connectivity index (χ0) is 31.6. The Morgan fingerprint density at radius 2 is 1.68 bits per heavy atom. The number of hydrogen-bond donors (Lipinski definition) is 1. The Kier molecular flexibility index (Phi) is 8.55. The predicted molar refractivity (Wildman–Crippen MR) is 160 cm³/mol. The molecule has 2 aromatic heterocycles. The second-order valence-electron chi connectivity index (χ2n) is 11.3. The van der Waals surface area contributed by atoms with Crippen molar-refractivity contribution >= 4 is 22.1 Å². The van der Waals surface area contributed by atoms with Crippen LogP contribution < -0.4 is 14.2 Å². The van der Waals surface area contributed by atoms with Crippen molar-refractivity contribution in [2.75, 3.05) is 32.0 Å². The summed E-state index contributed by atoms with van der Waals surface area (Å²) in [4.78, 5) is 14.5. The number of carbonyl (C=O) groups excluding carboxylic acids is 1. The van der Waals surface area contributed by atoms with Crippen LogP contribution in [0.4, 0.5) is 15.1 Å². The van der Waals surface area contributed by atoms with E-state index >= 15 is 0 Å². The number of benzene rings is 2. The van der Waals surface area contributed by atoms with E-state index in [1.54, 1.807) is 63.2 Å². The zero-order valence-corrected chi connectivity index (χ0v) is 25.8. The van der Waals surface area contributed by atoms with Crippen LogP contribution in [0, 0.1) is 5.82 Å². The summed E-state index contributed by atoms with van der Waals surface area (Å²) in [6.07, 6.45) is 0.962. The van der Waals surface area contributed by atoms with Gasteiger partial charge in [-0.2, -0.15) is 0 Å². The van der Waals surface area contributed by atoms with E-state index in [2.05, 4.69) is 14.9 Å². The van der Waals surface area contributed by atoms with E-state index in [0.29, 0.717) is 28.5 Å². The minimum Gasteiger partial charge on any atom is -0.494 e. The molecule has 1 N–H and O–H groups in total. The Balaban J connectivity index is 1.55. The van der Waals surface area contributed by atoms with Crippen molar-refractivity contribution in [2.24, 2.45) is 0 Å². The number of aromatic nitrogens is 3. The third-order valence-corrected chi connectivity index (χ3v) is 8.79. The van der Waals surface area contributed by atoms with Crippen molar-refractivity contribution in [3.8, 4) is 28.8 Å². The number of anilines is 1. The highest BCUT2D eigenvalue weighted by Gasteiger charge is 2.40. The van der Waals surface area contributed by atoms with Crippen molar-refractivity contribution in [1.82, 2.24) is 19.7 Å². The second kappa shape index (κ2) is 12.2. The number of likely N-dealkylation sites (tertiary alicyclic amines) is 1. The topological polar surface area (TPSA) is 138 Å². The predicted octanol–water partition coefficient (Wildman–Crippen LogP) is 5.22. The molecule has 1 aliphatic rings. The number of amides is 1. The number of rotatable bonds is 8. The first kappa shape index (κ1) is 30.9. The molecule has 14 heteroatoms. The number of ether oxygens (including phenoxy) is 3. The summed E-state index contributed by atoms with van der Waals surface area (Å²) in [7, 11) is -1.28. The van der Waals surface area contributed by atoms with Gasteiger partial charge in [-0.05, 0) is 69.2 Å². The van der Waals surface area contributed by atoms with E-state index in [0.717, 1.165) is 0 Å². The Morgan fingerprint density at radius 1 is 1.00 bits per heavy atom. The monoisotopic (exact) mass is 627 g/mol. The van der Waals surface area contributed by atoms with Crippen LogP contribution in [0.15, 0.2) is 65.3 Å². The molecule has 2 aromatic carbocycles. The van der Waals surface area contributed by atoms with Gasteiger partial charge in [-0.15, -0.1) is 10.2 Å². The molecule has 0 saturated carbocycles. The van der Waals surface area contributed by atoms with Gasteiger partial charge in [0, 0.05) is 19.0 Å². The van der Waals surface area contributed by atoms with Crippen LogP contribution in [-0.4, -0.2) is 72.3 Å². The molecule has 5 rings (SSSR count). The molecule has 2 atom stereocenters. The summed E-state index contributed by atoms with van der Waals surface area (Å²) < 4.78 is 68.3. The molecule has 1 amide bonds. The van der Waals surface area contributed by atoms with Crippen molar-refractivity contribution in [3.05, 3.63) is 72.2 Å². The number of methoxy groups -OCH3 is 2. The highest BCUT2D eigenvalue weighted by molar-refractivity contribution is 7.93. The minimum absolute atomic E-state index is 0.140. The summed E-state index contributed by atoms with van der Waals surface area (Å²) >= 11 is 0. The SMILES string of the molecule is COc1cccc(OC)c1-n1c(NS(=O)(=O)[C@H]2C[C@H](c3ccc(F)cc3)CN(C(=O)OC(C)(C)C)C2)nnc1-c1ccco1. The van der Waals surface area contributed by atoms with Crippen LogP contribution in [0.2, 0.25) is 0 Å². The van der Waals surface area contributed by atoms with Crippen molar-refractivity contribution in [2.45, 2.75) is 44.0 Å². The summed E-state index contributed by atoms with van der Waals surface area (Å²) in [5, 5.41) is 7.32. The number of furan rings is 1. The number of halogens is 1. The van der Waals surface area contributed by atoms with E-state index in [9.17, 15) is 17.6 Å². The van der Waals surface area contributed by atoms with E-state index < -0.39 is 38.7 Å². The maximum absolute atomic E-state index is 14.1. The summed E-state index contributed by atoms with van der Waals surface area (Å²) in [6, 6.07) is 14.2. The highest BCUT2D eigenvalue weighted by atomic mass is 32.2. The van der Waals surface area contributed by atoms with Crippen LogP contribution in [0.5, 0.6) is 11.5 Å². The number of para-hydroxylation sites is 1. The average Bonchev–Trinajstić information content (AvgIpc) is 3.66. The van der Waals surface area contributed by atoms with Gasteiger partial charge in [0.25, 0.3) is 0 Å². The van der Waals surface area contributed by atoms with Gasteiger partial charge in [0.15, 0.2) is 5.76 Å². The molecule has 1 fully saturated rings. The molecular weight excluding hydrogens is 593 g/mol. The number of carbonyl (C=O) groups is 1. The summed E-state index contributed by atoms with van der Waals surface area (Å²) in [5.41, 5.74) is 0.246. The Labute approximate surface area is 254 Å². The fourth-order valence-corrected chi connectivity index (χ4v) is 6.53. The first-order valence-corrected chi connectivity index (χ1v) is 15.4. The maximum atomic E-state index is 14.1. The van der Waals surface area contributed by atoms with Crippen LogP contribution in [0.1, 0.15) is 38.7 Å². The average molecular weight is 628 g/mol. The molecule has 0 aliphatic carbocycles. The second-order valence-corrected chi connectivity index (χ2v) is 13.3. The standard InChI is InChI=1S/C30H34FN5O7S/c1-30(2,3)43-29(37)35-17-20(19-11-13-21(31)14-12-19)16-22(18-35)44(38,39)34-28-33-32-27(25-10-7-15-42-25)36(28)26-23(40-4)8-6-9-24(26)41-5/h6-15,20,22H,16-18H2,1-5H3,(H,33,34)/t20-,22-/m0/s1. The molecule has 0 radical (unpaired) electrons. The van der Waals surface area contributed by atoms with Gasteiger partial charge in [0.2, 0.25) is 21.8 Å². The summed E-state index contributed by atoms with van der Waals surface area (Å²) in [5.74, 6) is 0.263. The Morgan fingerprint density at radius 3 is 2.27 bits per heavy atom. The van der Waals surface area contributed by atoms with Crippen LogP contribution in [0.3, 0.4) is 0 Å². The molecule has 4 aromatic rings. The number of sulfonamides is 1. The molecule has 3 heterocycles. The molecular formula is C30H34FN5O7S. The third-order valence-electron chi connectivity index (χ3n) is 7.11. The molecule has 1 saturated heterocycles. The molecule has 12 nitrogen and oxygen atoms in total. The first-order valence-electron chi connectivity index (χ1n) is 13.9. The largest absolute Gasteiger partial charge is 0.494 e. The molecule has 0 spiro atoms. The van der Waals surface area contributed by atoms with Gasteiger partial charge < -0.3 is 23.5 Å². The summed E-state index contributed by atoms with van der Waals surface area (Å²) in [6.45, 7) is 5.26. The van der Waals surface area contributed by atoms with Gasteiger partial charge in [-0.3, -0.25) is 9.29 Å². The fraction of sp³-hybridized carbons (Fsp3) is 0.367. The lowest BCUT2D eigenvalue weighted by Gasteiger charge is -2.38. The van der Waals surface area contributed by atoms with Crippen LogP contribution >= 0.6 is 0 Å². The lowest BCUT2D eigenvalue weighted by atomic mass is 9.90. The van der Waals surface area contributed by atoms with Gasteiger partial charge >= 0.3 is 6.09 Å². The maximum Gasteiger partial charge on any atom is 0.410 e. The highest BCUT2D eigenvalue weighted by Crippen LogP contribution is 2.38. The molecule has 1 aliphatic heterocycles. The molecule has 234 valence electrons. The Hall–Kier alpha value is -4.59. The van der Waals surface area contributed by atoms with E-state index in [4.69, 9.17) is 18.6 Å². The lowest BCUT2D eigenvalue weighted by molar-refractivity contribution is 0.0202. The van der Waals surface area contributed by atoms with Crippen LogP contribution in [0.25, 0.3) is 17.3 Å². The number of hydrogen-bond acceptors (Lipinski definition) is 9. The van der Waals surface area contributed by atoms with Crippen LogP contribution in [-0.2, 0) is 14.8 Å². The van der Waals surface area contributed by atoms with Gasteiger partial charge in [0.05, 0.1) is 25.7 Å². The van der Waals surface area contributed by atoms with E-state index in [-0.39, 0.29) is 31.3 Å². The van der Waals surface area contributed by atoms with Crippen molar-refractivity contribution < 1.29 is 36.2 Å². The van der Waals surface area contributed by atoms with Crippen molar-refractivity contribution in [3.63, 3.8) is 0 Å². The normalized spacial score (nSPS) is 17.3. The van der Waals surface area contributed by atoms with Gasteiger partial charge in [-0.25, -0.2) is 17.6 Å². The smallest absolute Gasteiger partial charge is 0.410 e.